The van der Waals surface area contributed by atoms with Crippen LogP contribution < -0.4 is 5.32 Å². The number of alkyl halides is 3. The van der Waals surface area contributed by atoms with Crippen LogP contribution in [0.15, 0.2) is 30.6 Å². The second-order valence-corrected chi connectivity index (χ2v) is 5.08. The van der Waals surface area contributed by atoms with Crippen molar-refractivity contribution in [3.63, 3.8) is 0 Å². The zero-order chi connectivity index (χ0) is 16.3. The Bertz CT molecular complexity index is 650. The van der Waals surface area contributed by atoms with Crippen molar-refractivity contribution in [3.05, 3.63) is 42.0 Å². The van der Waals surface area contributed by atoms with E-state index >= 15 is 0 Å². The van der Waals surface area contributed by atoms with Gasteiger partial charge < -0.3 is 5.32 Å². The normalized spacial score (nSPS) is 11.7. The van der Waals surface area contributed by atoms with Gasteiger partial charge in [0.2, 0.25) is 0 Å². The Labute approximate surface area is 125 Å². The number of aromatic nitrogens is 3. The number of hydrogen-bond donors (Lipinski definition) is 1. The van der Waals surface area contributed by atoms with E-state index in [1.54, 1.807) is 26.0 Å². The number of carbonyl (C=O) groups is 1. The third-order valence-corrected chi connectivity index (χ3v) is 2.87. The molecule has 2 rings (SSSR count). The van der Waals surface area contributed by atoms with E-state index in [0.29, 0.717) is 16.1 Å². The number of carbonyl (C=O) groups excluding carboxylic acids is 1. The molecule has 0 unspecified atom stereocenters. The molecule has 8 heteroatoms. The van der Waals surface area contributed by atoms with Gasteiger partial charge in [-0.15, -0.1) is 0 Å². The van der Waals surface area contributed by atoms with Crippen LogP contribution >= 0.6 is 0 Å². The second-order valence-electron chi connectivity index (χ2n) is 5.08. The van der Waals surface area contributed by atoms with Crippen molar-refractivity contribution >= 4 is 11.6 Å². The van der Waals surface area contributed by atoms with Crippen LogP contribution in [0.25, 0.3) is 0 Å². The lowest BCUT2D eigenvalue weighted by atomic mass is 10.1. The van der Waals surface area contributed by atoms with Crippen LogP contribution in [0.1, 0.15) is 35.9 Å². The minimum absolute atomic E-state index is 0.0839. The Morgan fingerprint density at radius 3 is 2.68 bits per heavy atom. The van der Waals surface area contributed by atoms with E-state index in [9.17, 15) is 18.0 Å². The van der Waals surface area contributed by atoms with Crippen molar-refractivity contribution in [1.82, 2.24) is 14.8 Å². The standard InChI is InChI=1S/C14H15F3N4O/c1-9(2)11-6-12(21(20-11)8-14(15,16)17)13(22)19-10-4-3-5-18-7-10/h3-7,9H,8H2,1-2H3,(H,19,22). The predicted molar refractivity (Wildman–Crippen MR) is 74.6 cm³/mol. The van der Waals surface area contributed by atoms with E-state index in [2.05, 4.69) is 15.4 Å². The lowest BCUT2D eigenvalue weighted by Gasteiger charge is -2.10. The first-order valence-corrected chi connectivity index (χ1v) is 6.62. The zero-order valence-electron chi connectivity index (χ0n) is 12.1. The summed E-state index contributed by atoms with van der Waals surface area (Å²) >= 11 is 0. The van der Waals surface area contributed by atoms with Crippen LogP contribution in [-0.2, 0) is 6.54 Å². The quantitative estimate of drug-likeness (QED) is 0.943. The fourth-order valence-electron chi connectivity index (χ4n) is 1.82. The molecule has 0 saturated carbocycles. The highest BCUT2D eigenvalue weighted by Crippen LogP contribution is 2.21. The van der Waals surface area contributed by atoms with Gasteiger partial charge in [-0.25, -0.2) is 0 Å². The van der Waals surface area contributed by atoms with Crippen LogP contribution in [0.2, 0.25) is 0 Å². The third kappa shape index (κ3) is 4.06. The number of anilines is 1. The number of amides is 1. The first kappa shape index (κ1) is 16.0. The molecule has 2 aromatic rings. The molecule has 0 aliphatic carbocycles. The fourth-order valence-corrected chi connectivity index (χ4v) is 1.82. The summed E-state index contributed by atoms with van der Waals surface area (Å²) in [6.07, 6.45) is -1.52. The number of nitrogens with one attached hydrogen (secondary N) is 1. The molecular weight excluding hydrogens is 297 g/mol. The highest BCUT2D eigenvalue weighted by Gasteiger charge is 2.31. The molecule has 2 aromatic heterocycles. The Morgan fingerprint density at radius 1 is 1.41 bits per heavy atom. The topological polar surface area (TPSA) is 59.8 Å². The summed E-state index contributed by atoms with van der Waals surface area (Å²) in [5.74, 6) is -0.740. The predicted octanol–water partition coefficient (Wildman–Crippen LogP) is 3.22. The van der Waals surface area contributed by atoms with Gasteiger partial charge in [-0.3, -0.25) is 14.5 Å². The van der Waals surface area contributed by atoms with Crippen molar-refractivity contribution in [2.75, 3.05) is 5.32 Å². The molecule has 118 valence electrons. The third-order valence-electron chi connectivity index (χ3n) is 2.87. The minimum Gasteiger partial charge on any atom is -0.319 e. The Hall–Kier alpha value is -2.38. The number of nitrogens with zero attached hydrogens (tertiary/aromatic N) is 3. The second kappa shape index (κ2) is 6.17. The molecule has 22 heavy (non-hydrogen) atoms. The van der Waals surface area contributed by atoms with Gasteiger partial charge in [0.15, 0.2) is 0 Å². The largest absolute Gasteiger partial charge is 0.408 e. The lowest BCUT2D eigenvalue weighted by molar-refractivity contribution is -0.142. The maximum absolute atomic E-state index is 12.6. The van der Waals surface area contributed by atoms with Crippen molar-refractivity contribution in [1.29, 1.82) is 0 Å². The summed E-state index contributed by atoms with van der Waals surface area (Å²) in [7, 11) is 0. The molecule has 1 N–H and O–H groups in total. The van der Waals surface area contributed by atoms with Crippen LogP contribution in [0.5, 0.6) is 0 Å². The maximum Gasteiger partial charge on any atom is 0.408 e. The van der Waals surface area contributed by atoms with Gasteiger partial charge in [0.05, 0.1) is 17.6 Å². The summed E-state index contributed by atoms with van der Waals surface area (Å²) in [5, 5.41) is 6.38. The van der Waals surface area contributed by atoms with Crippen molar-refractivity contribution in [2.24, 2.45) is 0 Å². The molecule has 0 aliphatic rings. The Kier molecular flexibility index (Phi) is 4.48. The maximum atomic E-state index is 12.6. The van der Waals surface area contributed by atoms with Crippen LogP contribution in [0, 0.1) is 0 Å². The Morgan fingerprint density at radius 2 is 2.14 bits per heavy atom. The monoisotopic (exact) mass is 312 g/mol. The highest BCUT2D eigenvalue weighted by molar-refractivity contribution is 6.03. The van der Waals surface area contributed by atoms with Gasteiger partial charge in [-0.05, 0) is 24.1 Å². The average molecular weight is 312 g/mol. The van der Waals surface area contributed by atoms with Crippen molar-refractivity contribution < 1.29 is 18.0 Å². The summed E-state index contributed by atoms with van der Waals surface area (Å²) in [6.45, 7) is 2.28. The molecule has 1 amide bonds. The van der Waals surface area contributed by atoms with Gasteiger partial charge in [0.1, 0.15) is 12.2 Å². The van der Waals surface area contributed by atoms with E-state index in [-0.39, 0.29) is 11.6 Å². The molecule has 2 heterocycles. The molecule has 0 aromatic carbocycles. The number of rotatable bonds is 4. The first-order valence-electron chi connectivity index (χ1n) is 6.62. The van der Waals surface area contributed by atoms with Crippen molar-refractivity contribution in [3.8, 4) is 0 Å². The van der Waals surface area contributed by atoms with Gasteiger partial charge in [0.25, 0.3) is 5.91 Å². The van der Waals surface area contributed by atoms with Crippen molar-refractivity contribution in [2.45, 2.75) is 32.5 Å². The summed E-state index contributed by atoms with van der Waals surface area (Å²) < 4.78 is 38.5. The minimum atomic E-state index is -4.45. The van der Waals surface area contributed by atoms with E-state index in [0.717, 1.165) is 0 Å². The number of pyridine rings is 1. The molecule has 0 atom stereocenters. The molecule has 0 radical (unpaired) electrons. The average Bonchev–Trinajstić information content (AvgIpc) is 2.82. The van der Waals surface area contributed by atoms with Gasteiger partial charge in [-0.1, -0.05) is 13.8 Å². The summed E-state index contributed by atoms with van der Waals surface area (Å²) in [5.41, 5.74) is 0.698. The summed E-state index contributed by atoms with van der Waals surface area (Å²) in [6, 6.07) is 4.59. The van der Waals surface area contributed by atoms with E-state index in [4.69, 9.17) is 0 Å². The molecular formula is C14H15F3N4O. The number of hydrogen-bond acceptors (Lipinski definition) is 3. The first-order chi connectivity index (χ1) is 10.3. The molecule has 0 saturated heterocycles. The fraction of sp³-hybridized carbons (Fsp3) is 0.357. The SMILES string of the molecule is CC(C)c1cc(C(=O)Nc2cccnc2)n(CC(F)(F)F)n1. The van der Waals surface area contributed by atoms with Gasteiger partial charge in [-0.2, -0.15) is 18.3 Å². The van der Waals surface area contributed by atoms with Gasteiger partial charge in [0, 0.05) is 6.20 Å². The van der Waals surface area contributed by atoms with E-state index in [1.807, 2.05) is 0 Å². The molecule has 0 spiro atoms. The Balaban J connectivity index is 2.29. The number of halogens is 3. The van der Waals surface area contributed by atoms with Crippen LogP contribution in [0.4, 0.5) is 18.9 Å². The molecule has 5 nitrogen and oxygen atoms in total. The van der Waals surface area contributed by atoms with Gasteiger partial charge >= 0.3 is 6.18 Å². The zero-order valence-corrected chi connectivity index (χ0v) is 12.1. The molecule has 0 aliphatic heterocycles. The summed E-state index contributed by atoms with van der Waals surface area (Å²) in [4.78, 5) is 16.0. The van der Waals surface area contributed by atoms with E-state index in [1.165, 1.54) is 18.5 Å². The molecule has 0 bridgehead atoms. The van der Waals surface area contributed by atoms with Crippen LogP contribution in [-0.4, -0.2) is 26.8 Å². The van der Waals surface area contributed by atoms with E-state index < -0.39 is 18.6 Å². The smallest absolute Gasteiger partial charge is 0.319 e. The van der Waals surface area contributed by atoms with Crippen LogP contribution in [0.3, 0.4) is 0 Å². The lowest BCUT2D eigenvalue weighted by Crippen LogP contribution is -2.24. The highest BCUT2D eigenvalue weighted by atomic mass is 19.4. The molecule has 0 fully saturated rings.